The lowest BCUT2D eigenvalue weighted by atomic mass is 9.93. The van der Waals surface area contributed by atoms with Gasteiger partial charge in [0.1, 0.15) is 6.10 Å². The zero-order chi connectivity index (χ0) is 18.7. The lowest BCUT2D eigenvalue weighted by Crippen LogP contribution is -2.29. The Morgan fingerprint density at radius 1 is 1.22 bits per heavy atom. The molecule has 3 aliphatic rings. The van der Waals surface area contributed by atoms with Crippen LogP contribution in [-0.4, -0.2) is 50.5 Å². The summed E-state index contributed by atoms with van der Waals surface area (Å²) in [5.41, 5.74) is 1.70. The normalized spacial score (nSPS) is 29.8. The number of benzene rings is 1. The largest absolute Gasteiger partial charge is 0.493 e. The molecule has 1 saturated heterocycles. The van der Waals surface area contributed by atoms with Gasteiger partial charge in [0.25, 0.3) is 0 Å². The van der Waals surface area contributed by atoms with E-state index in [-0.39, 0.29) is 11.7 Å². The van der Waals surface area contributed by atoms with Gasteiger partial charge in [-0.15, -0.1) is 0 Å². The van der Waals surface area contributed by atoms with Crippen molar-refractivity contribution in [3.8, 4) is 11.5 Å². The molecule has 0 radical (unpaired) electrons. The van der Waals surface area contributed by atoms with Crippen molar-refractivity contribution in [3.63, 3.8) is 0 Å². The van der Waals surface area contributed by atoms with Gasteiger partial charge in [-0.05, 0) is 37.5 Å². The van der Waals surface area contributed by atoms with Crippen LogP contribution >= 0.6 is 0 Å². The van der Waals surface area contributed by atoms with Crippen molar-refractivity contribution in [3.05, 3.63) is 23.8 Å². The van der Waals surface area contributed by atoms with Crippen LogP contribution in [0.5, 0.6) is 11.5 Å². The summed E-state index contributed by atoms with van der Waals surface area (Å²) >= 11 is 0. The summed E-state index contributed by atoms with van der Waals surface area (Å²) in [6.07, 6.45) is 6.16. The van der Waals surface area contributed by atoms with Crippen LogP contribution in [0.4, 0.5) is 0 Å². The fourth-order valence-electron chi connectivity index (χ4n) is 4.05. The molecule has 4 rings (SSSR count). The summed E-state index contributed by atoms with van der Waals surface area (Å²) < 4.78 is 23.2. The van der Waals surface area contributed by atoms with Crippen molar-refractivity contribution in [2.45, 2.75) is 63.3 Å². The van der Waals surface area contributed by atoms with Crippen LogP contribution in [0.15, 0.2) is 23.4 Å². The number of nitrogens with zero attached hydrogens (tertiary/aromatic N) is 1. The number of oxime groups is 1. The third kappa shape index (κ3) is 4.06. The Labute approximate surface area is 160 Å². The van der Waals surface area contributed by atoms with E-state index in [1.54, 1.807) is 7.11 Å². The number of methoxy groups -OCH3 is 1. The molecule has 27 heavy (non-hydrogen) atoms. The van der Waals surface area contributed by atoms with Gasteiger partial charge in [0.15, 0.2) is 17.1 Å². The van der Waals surface area contributed by atoms with Gasteiger partial charge in [-0.3, -0.25) is 0 Å². The molecule has 1 saturated carbocycles. The maximum atomic E-state index is 6.30. The first-order chi connectivity index (χ1) is 13.2. The van der Waals surface area contributed by atoms with Gasteiger partial charge in [-0.2, -0.15) is 0 Å². The zero-order valence-electron chi connectivity index (χ0n) is 16.2. The molecular weight excluding hydrogens is 346 g/mol. The smallest absolute Gasteiger partial charge is 0.168 e. The van der Waals surface area contributed by atoms with Crippen molar-refractivity contribution in [1.29, 1.82) is 0 Å². The van der Waals surface area contributed by atoms with E-state index >= 15 is 0 Å². The van der Waals surface area contributed by atoms with Crippen LogP contribution in [0.3, 0.4) is 0 Å². The Morgan fingerprint density at radius 3 is 2.89 bits per heavy atom. The number of hydrogen-bond donors (Lipinski definition) is 0. The van der Waals surface area contributed by atoms with Crippen LogP contribution in [0.25, 0.3) is 0 Å². The third-order valence-corrected chi connectivity index (χ3v) is 5.59. The van der Waals surface area contributed by atoms with Crippen molar-refractivity contribution in [2.24, 2.45) is 5.16 Å². The van der Waals surface area contributed by atoms with Crippen molar-refractivity contribution >= 4 is 5.71 Å². The minimum atomic E-state index is -0.272. The molecular formula is C21H29NO5. The van der Waals surface area contributed by atoms with E-state index in [0.717, 1.165) is 74.5 Å². The molecule has 6 heteroatoms. The van der Waals surface area contributed by atoms with Gasteiger partial charge in [0.05, 0.1) is 32.1 Å². The molecule has 3 atom stereocenters. The maximum absolute atomic E-state index is 6.30. The average Bonchev–Trinajstić information content (AvgIpc) is 3.43. The molecule has 3 unspecified atom stereocenters. The minimum absolute atomic E-state index is 0.160. The highest BCUT2D eigenvalue weighted by molar-refractivity contribution is 6.02. The molecule has 1 aliphatic carbocycles. The first kappa shape index (κ1) is 18.6. The summed E-state index contributed by atoms with van der Waals surface area (Å²) in [5, 5.41) is 4.34. The Hall–Kier alpha value is -1.79. The Kier molecular flexibility index (Phi) is 5.55. The highest BCUT2D eigenvalue weighted by Gasteiger charge is 2.43. The predicted octanol–water partition coefficient (Wildman–Crippen LogP) is 3.71. The van der Waals surface area contributed by atoms with Crippen molar-refractivity contribution < 1.29 is 23.8 Å². The van der Waals surface area contributed by atoms with E-state index in [1.807, 2.05) is 18.2 Å². The van der Waals surface area contributed by atoms with Gasteiger partial charge in [-0.1, -0.05) is 12.1 Å². The first-order valence-corrected chi connectivity index (χ1v) is 10.0. The molecule has 2 heterocycles. The van der Waals surface area contributed by atoms with Crippen LogP contribution < -0.4 is 9.47 Å². The summed E-state index contributed by atoms with van der Waals surface area (Å²) in [6.45, 7) is 4.31. The molecule has 1 aromatic rings. The van der Waals surface area contributed by atoms with E-state index < -0.39 is 0 Å². The second-order valence-corrected chi connectivity index (χ2v) is 7.70. The molecule has 0 N–H and O–H groups in total. The molecule has 0 aromatic heterocycles. The SMILES string of the molecule is CCCOC1CCC(Oc2cc(C3=NOC4(CCOC4)C3)ccc2OC)C1. The highest BCUT2D eigenvalue weighted by atomic mass is 16.7. The van der Waals surface area contributed by atoms with E-state index in [2.05, 4.69) is 12.1 Å². The van der Waals surface area contributed by atoms with E-state index in [4.69, 9.17) is 23.8 Å². The Balaban J connectivity index is 1.44. The zero-order valence-corrected chi connectivity index (χ0v) is 16.2. The van der Waals surface area contributed by atoms with Crippen molar-refractivity contribution in [1.82, 2.24) is 0 Å². The van der Waals surface area contributed by atoms with E-state index in [1.165, 1.54) is 0 Å². The minimum Gasteiger partial charge on any atom is -0.493 e. The fourth-order valence-corrected chi connectivity index (χ4v) is 4.05. The van der Waals surface area contributed by atoms with E-state index in [0.29, 0.717) is 12.7 Å². The lowest BCUT2D eigenvalue weighted by molar-refractivity contribution is -0.0237. The lowest BCUT2D eigenvalue weighted by Gasteiger charge is -2.18. The molecule has 2 aliphatic heterocycles. The maximum Gasteiger partial charge on any atom is 0.168 e. The predicted molar refractivity (Wildman–Crippen MR) is 102 cm³/mol. The third-order valence-electron chi connectivity index (χ3n) is 5.59. The van der Waals surface area contributed by atoms with Crippen LogP contribution in [0.2, 0.25) is 0 Å². The summed E-state index contributed by atoms with van der Waals surface area (Å²) in [4.78, 5) is 5.72. The van der Waals surface area contributed by atoms with E-state index in [9.17, 15) is 0 Å². The summed E-state index contributed by atoms with van der Waals surface area (Å²) in [5.74, 6) is 1.51. The standard InChI is InChI=1S/C21H29NO5/c1-3-9-25-16-5-6-17(12-16)26-20-11-15(4-7-19(20)23-2)18-13-21(27-22-18)8-10-24-14-21/h4,7,11,16-17H,3,5-6,8-10,12-14H2,1-2H3. The fraction of sp³-hybridized carbons (Fsp3) is 0.667. The van der Waals surface area contributed by atoms with Crippen molar-refractivity contribution in [2.75, 3.05) is 26.9 Å². The van der Waals surface area contributed by atoms with Gasteiger partial charge in [0, 0.05) is 31.4 Å². The molecule has 0 amide bonds. The number of ether oxygens (including phenoxy) is 4. The molecule has 148 valence electrons. The summed E-state index contributed by atoms with van der Waals surface area (Å²) in [7, 11) is 1.67. The van der Waals surface area contributed by atoms with Crippen LogP contribution in [0.1, 0.15) is 51.0 Å². The van der Waals surface area contributed by atoms with Gasteiger partial charge < -0.3 is 23.8 Å². The van der Waals surface area contributed by atoms with Gasteiger partial charge in [0.2, 0.25) is 0 Å². The first-order valence-electron chi connectivity index (χ1n) is 10.0. The van der Waals surface area contributed by atoms with Crippen LogP contribution in [0, 0.1) is 0 Å². The number of rotatable bonds is 7. The van der Waals surface area contributed by atoms with Gasteiger partial charge in [-0.25, -0.2) is 0 Å². The average molecular weight is 375 g/mol. The van der Waals surface area contributed by atoms with Gasteiger partial charge >= 0.3 is 0 Å². The highest BCUT2D eigenvalue weighted by Crippen LogP contribution is 2.37. The molecule has 2 fully saturated rings. The molecule has 1 aromatic carbocycles. The second kappa shape index (κ2) is 8.07. The monoisotopic (exact) mass is 375 g/mol. The molecule has 6 nitrogen and oxygen atoms in total. The van der Waals surface area contributed by atoms with Crippen LogP contribution in [-0.2, 0) is 14.3 Å². The quantitative estimate of drug-likeness (QED) is 0.727. The Morgan fingerprint density at radius 2 is 2.11 bits per heavy atom. The molecule has 0 bridgehead atoms. The summed E-state index contributed by atoms with van der Waals surface area (Å²) in [6, 6.07) is 5.99. The molecule has 1 spiro atoms. The second-order valence-electron chi connectivity index (χ2n) is 7.70. The number of hydrogen-bond acceptors (Lipinski definition) is 6. The topological polar surface area (TPSA) is 58.5 Å². The Bertz CT molecular complexity index is 683.